The third-order valence-electron chi connectivity index (χ3n) is 3.15. The van der Waals surface area contributed by atoms with Crippen LogP contribution in [0.25, 0.3) is 0 Å². The molecule has 0 aliphatic carbocycles. The van der Waals surface area contributed by atoms with Crippen molar-refractivity contribution in [2.45, 2.75) is 18.9 Å². The quantitative estimate of drug-likeness (QED) is 0.857. The Bertz CT molecular complexity index is 422. The first-order valence-electron chi connectivity index (χ1n) is 6.16. The van der Waals surface area contributed by atoms with Crippen LogP contribution in [0.5, 0.6) is 0 Å². The Hall–Kier alpha value is -1.64. The van der Waals surface area contributed by atoms with Crippen molar-refractivity contribution in [3.63, 3.8) is 0 Å². The molecule has 1 aliphatic heterocycles. The van der Waals surface area contributed by atoms with Crippen molar-refractivity contribution in [1.82, 2.24) is 4.98 Å². The van der Waals surface area contributed by atoms with Gasteiger partial charge in [0.25, 0.3) is 0 Å². The summed E-state index contributed by atoms with van der Waals surface area (Å²) in [5.41, 5.74) is 1.57. The summed E-state index contributed by atoms with van der Waals surface area (Å²) in [6.45, 7) is 2.19. The van der Waals surface area contributed by atoms with Crippen LogP contribution in [-0.4, -0.2) is 42.5 Å². The third kappa shape index (κ3) is 2.97. The van der Waals surface area contributed by atoms with E-state index in [2.05, 4.69) is 16.0 Å². The molecule has 2 rings (SSSR count). The number of aliphatic hydroxyl groups excluding tert-OH is 1. The van der Waals surface area contributed by atoms with Gasteiger partial charge in [-0.3, -0.25) is 4.98 Å². The molecule has 5 nitrogen and oxygen atoms in total. The number of aliphatic hydroxyl groups is 1. The Morgan fingerprint density at radius 3 is 2.94 bits per heavy atom. The topological polar surface area (TPSA) is 69.4 Å². The number of hydrogen-bond donors (Lipinski definition) is 1. The molecule has 5 heteroatoms. The van der Waals surface area contributed by atoms with Gasteiger partial charge in [0, 0.05) is 19.3 Å². The summed E-state index contributed by atoms with van der Waals surface area (Å²) in [7, 11) is 0. The molecule has 96 valence electrons. The Morgan fingerprint density at radius 1 is 1.50 bits per heavy atom. The fourth-order valence-corrected chi connectivity index (χ4v) is 2.22. The minimum Gasteiger partial charge on any atom is -0.394 e. The van der Waals surface area contributed by atoms with Gasteiger partial charge >= 0.3 is 0 Å². The van der Waals surface area contributed by atoms with Crippen molar-refractivity contribution in [3.8, 4) is 6.07 Å². The van der Waals surface area contributed by atoms with Gasteiger partial charge in [-0.1, -0.05) is 0 Å². The van der Waals surface area contributed by atoms with Crippen LogP contribution in [0.15, 0.2) is 18.5 Å². The number of rotatable bonds is 4. The minimum atomic E-state index is 0.0708. The van der Waals surface area contributed by atoms with Gasteiger partial charge in [-0.2, -0.15) is 5.26 Å². The van der Waals surface area contributed by atoms with Crippen LogP contribution in [0.3, 0.4) is 0 Å². The summed E-state index contributed by atoms with van der Waals surface area (Å²) >= 11 is 0. The predicted molar refractivity (Wildman–Crippen MR) is 67.2 cm³/mol. The van der Waals surface area contributed by atoms with Crippen LogP contribution in [0.2, 0.25) is 0 Å². The van der Waals surface area contributed by atoms with Gasteiger partial charge in [0.15, 0.2) is 0 Å². The molecule has 0 radical (unpaired) electrons. The first-order chi connectivity index (χ1) is 8.85. The number of nitrogens with zero attached hydrogens (tertiary/aromatic N) is 3. The van der Waals surface area contributed by atoms with Crippen LogP contribution < -0.4 is 4.90 Å². The zero-order valence-electron chi connectivity index (χ0n) is 10.2. The molecule has 2 heterocycles. The molecular formula is C13H17N3O2. The maximum atomic E-state index is 9.06. The molecule has 0 bridgehead atoms. The molecule has 1 saturated heterocycles. The number of ether oxygens (including phenoxy) is 1. The average Bonchev–Trinajstić information content (AvgIpc) is 2.45. The summed E-state index contributed by atoms with van der Waals surface area (Å²) in [5, 5.41) is 17.8. The lowest BCUT2D eigenvalue weighted by molar-refractivity contribution is 0.0159. The molecule has 1 aliphatic rings. The van der Waals surface area contributed by atoms with Crippen LogP contribution in [0.1, 0.15) is 18.4 Å². The monoisotopic (exact) mass is 247 g/mol. The van der Waals surface area contributed by atoms with Gasteiger partial charge in [0.05, 0.1) is 36.8 Å². The van der Waals surface area contributed by atoms with E-state index in [9.17, 15) is 0 Å². The molecule has 0 saturated carbocycles. The first-order valence-corrected chi connectivity index (χ1v) is 6.16. The molecule has 1 aromatic rings. The number of pyridine rings is 1. The van der Waals surface area contributed by atoms with Crippen LogP contribution in [-0.2, 0) is 4.74 Å². The zero-order valence-corrected chi connectivity index (χ0v) is 10.2. The molecule has 1 N–H and O–H groups in total. The highest BCUT2D eigenvalue weighted by molar-refractivity contribution is 5.57. The highest BCUT2D eigenvalue weighted by Gasteiger charge is 2.21. The van der Waals surface area contributed by atoms with E-state index in [1.54, 1.807) is 18.5 Å². The number of anilines is 1. The summed E-state index contributed by atoms with van der Waals surface area (Å²) in [4.78, 5) is 6.25. The van der Waals surface area contributed by atoms with Crippen molar-refractivity contribution in [2.75, 3.05) is 31.2 Å². The van der Waals surface area contributed by atoms with Crippen molar-refractivity contribution in [1.29, 1.82) is 5.26 Å². The standard InChI is InChI=1S/C13H17N3O2/c14-9-11-1-4-15-10-13(11)16-5-2-12(3-6-16)18-8-7-17/h1,4,10,12,17H,2-3,5-8H2. The van der Waals surface area contributed by atoms with Gasteiger partial charge < -0.3 is 14.7 Å². The lowest BCUT2D eigenvalue weighted by Crippen LogP contribution is -2.37. The zero-order chi connectivity index (χ0) is 12.8. The van der Waals surface area contributed by atoms with Gasteiger partial charge in [-0.25, -0.2) is 0 Å². The normalized spacial score (nSPS) is 16.6. The lowest BCUT2D eigenvalue weighted by atomic mass is 10.1. The van der Waals surface area contributed by atoms with Crippen molar-refractivity contribution in [2.24, 2.45) is 0 Å². The molecule has 1 fully saturated rings. The molecule has 1 aromatic heterocycles. The van der Waals surface area contributed by atoms with Crippen LogP contribution >= 0.6 is 0 Å². The summed E-state index contributed by atoms with van der Waals surface area (Å²) in [5.74, 6) is 0. The Kier molecular flexibility index (Phi) is 4.51. The molecule has 0 atom stereocenters. The maximum absolute atomic E-state index is 9.06. The van der Waals surface area contributed by atoms with E-state index in [0.29, 0.717) is 12.2 Å². The van der Waals surface area contributed by atoms with Crippen molar-refractivity contribution in [3.05, 3.63) is 24.0 Å². The molecule has 0 amide bonds. The first kappa shape index (κ1) is 12.8. The highest BCUT2D eigenvalue weighted by Crippen LogP contribution is 2.23. The smallest absolute Gasteiger partial charge is 0.101 e. The minimum absolute atomic E-state index is 0.0708. The fraction of sp³-hybridized carbons (Fsp3) is 0.538. The number of aromatic nitrogens is 1. The maximum Gasteiger partial charge on any atom is 0.101 e. The van der Waals surface area contributed by atoms with E-state index < -0.39 is 0 Å². The Balaban J connectivity index is 1.95. The number of hydrogen-bond acceptors (Lipinski definition) is 5. The van der Waals surface area contributed by atoms with E-state index in [4.69, 9.17) is 15.1 Å². The molecule has 0 unspecified atom stereocenters. The van der Waals surface area contributed by atoms with Gasteiger partial charge in [-0.05, 0) is 18.9 Å². The number of piperidine rings is 1. The second-order valence-electron chi connectivity index (χ2n) is 4.29. The Morgan fingerprint density at radius 2 is 2.28 bits per heavy atom. The van der Waals surface area contributed by atoms with E-state index >= 15 is 0 Å². The SMILES string of the molecule is N#Cc1ccncc1N1CCC(OCCO)CC1. The average molecular weight is 247 g/mol. The van der Waals surface area contributed by atoms with Crippen molar-refractivity contribution < 1.29 is 9.84 Å². The highest BCUT2D eigenvalue weighted by atomic mass is 16.5. The summed E-state index contributed by atoms with van der Waals surface area (Å²) < 4.78 is 5.52. The van der Waals surface area contributed by atoms with Gasteiger partial charge in [0.2, 0.25) is 0 Å². The van der Waals surface area contributed by atoms with Crippen LogP contribution in [0.4, 0.5) is 5.69 Å². The molecule has 0 aromatic carbocycles. The second-order valence-corrected chi connectivity index (χ2v) is 4.29. The van der Waals surface area contributed by atoms with E-state index in [1.807, 2.05) is 0 Å². The van der Waals surface area contributed by atoms with Gasteiger partial charge in [-0.15, -0.1) is 0 Å². The lowest BCUT2D eigenvalue weighted by Gasteiger charge is -2.33. The molecular weight excluding hydrogens is 230 g/mol. The van der Waals surface area contributed by atoms with Crippen LogP contribution in [0, 0.1) is 11.3 Å². The van der Waals surface area contributed by atoms with E-state index in [-0.39, 0.29) is 12.7 Å². The molecule has 0 spiro atoms. The predicted octanol–water partition coefficient (Wildman–Crippen LogP) is 0.931. The van der Waals surface area contributed by atoms with E-state index in [0.717, 1.165) is 31.6 Å². The van der Waals surface area contributed by atoms with E-state index in [1.165, 1.54) is 0 Å². The molecule has 18 heavy (non-hydrogen) atoms. The van der Waals surface area contributed by atoms with Gasteiger partial charge in [0.1, 0.15) is 6.07 Å². The second kappa shape index (κ2) is 6.34. The largest absolute Gasteiger partial charge is 0.394 e. The number of nitriles is 1. The summed E-state index contributed by atoms with van der Waals surface area (Å²) in [6, 6.07) is 3.93. The third-order valence-corrected chi connectivity index (χ3v) is 3.15. The van der Waals surface area contributed by atoms with Crippen molar-refractivity contribution >= 4 is 5.69 Å². The fourth-order valence-electron chi connectivity index (χ4n) is 2.22. The summed E-state index contributed by atoms with van der Waals surface area (Å²) in [6.07, 6.45) is 5.43. The Labute approximate surface area is 107 Å².